The molecule has 1 heterocycles. The van der Waals surface area contributed by atoms with E-state index >= 15 is 0 Å². The van der Waals surface area contributed by atoms with Crippen molar-refractivity contribution < 1.29 is 14.5 Å². The van der Waals surface area contributed by atoms with Crippen LogP contribution in [0.1, 0.15) is 5.56 Å². The predicted octanol–water partition coefficient (Wildman–Crippen LogP) is 3.28. The smallest absolute Gasteiger partial charge is 0.277 e. The van der Waals surface area contributed by atoms with E-state index in [1.165, 1.54) is 24.4 Å². The number of nitrogens with zero attached hydrogens (tertiary/aromatic N) is 3. The third kappa shape index (κ3) is 4.80. The molecule has 0 spiro atoms. The highest BCUT2D eigenvalue weighted by molar-refractivity contribution is 9.10. The number of carbonyl (C=O) groups is 1. The molecular weight excluding hydrogens is 430 g/mol. The number of nitro benzene ring substituents is 1. The molecule has 3 aromatic rings. The Kier molecular flexibility index (Phi) is 6.12. The maximum Gasteiger partial charge on any atom is 0.277 e. The predicted molar refractivity (Wildman–Crippen MR) is 106 cm³/mol. The van der Waals surface area contributed by atoms with E-state index in [0.29, 0.717) is 15.8 Å². The first-order valence-electron chi connectivity index (χ1n) is 8.02. The van der Waals surface area contributed by atoms with Crippen molar-refractivity contribution in [1.82, 2.24) is 15.6 Å². The van der Waals surface area contributed by atoms with Crippen molar-refractivity contribution in [1.29, 1.82) is 0 Å². The molecule has 9 nitrogen and oxygen atoms in total. The van der Waals surface area contributed by atoms with Crippen LogP contribution in [0.2, 0.25) is 0 Å². The Balaban J connectivity index is 1.56. The summed E-state index contributed by atoms with van der Waals surface area (Å²) < 4.78 is 5.72. The van der Waals surface area contributed by atoms with Gasteiger partial charge in [0.25, 0.3) is 11.6 Å². The molecule has 0 saturated heterocycles. The van der Waals surface area contributed by atoms with Crippen molar-refractivity contribution in [2.24, 2.45) is 5.10 Å². The SMILES string of the molecule is O=C(COc1ccc([N+](=O)[O-])cc1Br)N/N=C/c1cn[nH]c1-c1ccccc1. The van der Waals surface area contributed by atoms with Crippen LogP contribution in [0.5, 0.6) is 5.75 Å². The maximum atomic E-state index is 11.9. The zero-order chi connectivity index (χ0) is 19.9. The van der Waals surface area contributed by atoms with Crippen LogP contribution in [-0.2, 0) is 4.79 Å². The molecule has 2 aromatic carbocycles. The van der Waals surface area contributed by atoms with Crippen LogP contribution in [0, 0.1) is 10.1 Å². The number of H-pyrrole nitrogens is 1. The van der Waals surface area contributed by atoms with Crippen molar-refractivity contribution in [3.63, 3.8) is 0 Å². The zero-order valence-electron chi connectivity index (χ0n) is 14.3. The Labute approximate surface area is 167 Å². The number of rotatable bonds is 7. The second-order valence-corrected chi connectivity index (χ2v) is 6.37. The summed E-state index contributed by atoms with van der Waals surface area (Å²) in [4.78, 5) is 22.1. The molecule has 142 valence electrons. The van der Waals surface area contributed by atoms with Crippen LogP contribution < -0.4 is 10.2 Å². The van der Waals surface area contributed by atoms with Crippen LogP contribution >= 0.6 is 15.9 Å². The van der Waals surface area contributed by atoms with Crippen molar-refractivity contribution in [3.05, 3.63) is 74.9 Å². The highest BCUT2D eigenvalue weighted by Crippen LogP contribution is 2.29. The molecule has 0 aliphatic carbocycles. The molecule has 3 rings (SSSR count). The number of hydrogen-bond acceptors (Lipinski definition) is 6. The fourth-order valence-corrected chi connectivity index (χ4v) is 2.78. The molecule has 0 bridgehead atoms. The van der Waals surface area contributed by atoms with E-state index in [0.717, 1.165) is 11.3 Å². The summed E-state index contributed by atoms with van der Waals surface area (Å²) in [5.74, 6) is -0.169. The minimum atomic E-state index is -0.518. The van der Waals surface area contributed by atoms with Crippen LogP contribution in [0.15, 0.2) is 64.3 Å². The van der Waals surface area contributed by atoms with Crippen LogP contribution in [0.3, 0.4) is 0 Å². The molecule has 0 saturated carbocycles. The molecule has 0 unspecified atom stereocenters. The molecule has 2 N–H and O–H groups in total. The van der Waals surface area contributed by atoms with Gasteiger partial charge in [0.15, 0.2) is 6.61 Å². The van der Waals surface area contributed by atoms with E-state index in [1.807, 2.05) is 30.3 Å². The molecule has 0 atom stereocenters. The topological polar surface area (TPSA) is 123 Å². The number of carbonyl (C=O) groups excluding carboxylic acids is 1. The molecule has 1 aromatic heterocycles. The lowest BCUT2D eigenvalue weighted by molar-refractivity contribution is -0.384. The largest absolute Gasteiger partial charge is 0.483 e. The number of benzene rings is 2. The van der Waals surface area contributed by atoms with Crippen molar-refractivity contribution >= 4 is 33.7 Å². The monoisotopic (exact) mass is 443 g/mol. The summed E-state index contributed by atoms with van der Waals surface area (Å²) in [5, 5.41) is 21.5. The number of amides is 1. The van der Waals surface area contributed by atoms with E-state index in [4.69, 9.17) is 4.74 Å². The molecular formula is C18H14BrN5O4. The van der Waals surface area contributed by atoms with Crippen LogP contribution in [0.4, 0.5) is 5.69 Å². The summed E-state index contributed by atoms with van der Waals surface area (Å²) in [6, 6.07) is 13.6. The first kappa shape index (κ1) is 19.2. The number of aromatic amines is 1. The van der Waals surface area contributed by atoms with Gasteiger partial charge in [0.05, 0.1) is 27.5 Å². The summed E-state index contributed by atoms with van der Waals surface area (Å²) in [5.41, 5.74) is 4.72. The molecule has 0 aliphatic heterocycles. The van der Waals surface area contributed by atoms with Gasteiger partial charge in [0.1, 0.15) is 5.75 Å². The molecule has 10 heteroatoms. The van der Waals surface area contributed by atoms with Gasteiger partial charge in [-0.05, 0) is 22.0 Å². The second-order valence-electron chi connectivity index (χ2n) is 5.52. The van der Waals surface area contributed by atoms with E-state index in [2.05, 4.69) is 36.7 Å². The first-order valence-corrected chi connectivity index (χ1v) is 8.81. The highest BCUT2D eigenvalue weighted by Gasteiger charge is 2.11. The van der Waals surface area contributed by atoms with Crippen molar-refractivity contribution in [2.75, 3.05) is 6.61 Å². The number of hydrazone groups is 1. The summed E-state index contributed by atoms with van der Waals surface area (Å²) in [6.07, 6.45) is 3.08. The highest BCUT2D eigenvalue weighted by atomic mass is 79.9. The van der Waals surface area contributed by atoms with E-state index in [1.54, 1.807) is 6.20 Å². The third-order valence-corrected chi connectivity index (χ3v) is 4.23. The lowest BCUT2D eigenvalue weighted by Gasteiger charge is -2.06. The number of hydrogen-bond donors (Lipinski definition) is 2. The fraction of sp³-hybridized carbons (Fsp3) is 0.0556. The zero-order valence-corrected chi connectivity index (χ0v) is 15.9. The number of non-ortho nitro benzene ring substituents is 1. The van der Waals surface area contributed by atoms with Gasteiger partial charge in [-0.3, -0.25) is 20.0 Å². The Morgan fingerprint density at radius 3 is 2.82 bits per heavy atom. The normalized spacial score (nSPS) is 10.8. The summed E-state index contributed by atoms with van der Waals surface area (Å²) in [7, 11) is 0. The van der Waals surface area contributed by atoms with Gasteiger partial charge in [-0.2, -0.15) is 10.2 Å². The Hall–Kier alpha value is -3.53. The average Bonchev–Trinajstić information content (AvgIpc) is 3.16. The van der Waals surface area contributed by atoms with E-state index in [9.17, 15) is 14.9 Å². The Morgan fingerprint density at radius 1 is 1.32 bits per heavy atom. The van der Waals surface area contributed by atoms with Crippen LogP contribution in [-0.4, -0.2) is 33.8 Å². The molecule has 1 amide bonds. The quantitative estimate of drug-likeness (QED) is 0.329. The molecule has 28 heavy (non-hydrogen) atoms. The molecule has 0 fully saturated rings. The number of nitrogens with one attached hydrogen (secondary N) is 2. The second kappa shape index (κ2) is 8.91. The van der Waals surface area contributed by atoms with Gasteiger partial charge >= 0.3 is 0 Å². The number of halogens is 1. The first-order chi connectivity index (χ1) is 13.5. The third-order valence-electron chi connectivity index (χ3n) is 3.61. The molecule has 0 radical (unpaired) electrons. The average molecular weight is 444 g/mol. The summed E-state index contributed by atoms with van der Waals surface area (Å²) >= 11 is 3.17. The van der Waals surface area contributed by atoms with Gasteiger partial charge in [-0.1, -0.05) is 30.3 Å². The standard InChI is InChI=1S/C18H14BrN5O4/c19-15-8-14(24(26)27)6-7-16(15)28-11-17(25)22-20-9-13-10-21-23-18(13)12-4-2-1-3-5-12/h1-10H,11H2,(H,21,23)(H,22,25)/b20-9+. The lowest BCUT2D eigenvalue weighted by atomic mass is 10.1. The Morgan fingerprint density at radius 2 is 2.11 bits per heavy atom. The van der Waals surface area contributed by atoms with Crippen LogP contribution in [0.25, 0.3) is 11.3 Å². The van der Waals surface area contributed by atoms with Gasteiger partial charge in [0.2, 0.25) is 0 Å². The minimum absolute atomic E-state index is 0.0809. The lowest BCUT2D eigenvalue weighted by Crippen LogP contribution is -2.24. The van der Waals surface area contributed by atoms with Gasteiger partial charge in [-0.25, -0.2) is 5.43 Å². The maximum absolute atomic E-state index is 11.9. The Bertz CT molecular complexity index is 1020. The fourth-order valence-electron chi connectivity index (χ4n) is 2.30. The molecule has 0 aliphatic rings. The van der Waals surface area contributed by atoms with Gasteiger partial charge < -0.3 is 4.74 Å². The number of ether oxygens (including phenoxy) is 1. The number of aromatic nitrogens is 2. The van der Waals surface area contributed by atoms with E-state index in [-0.39, 0.29) is 12.3 Å². The van der Waals surface area contributed by atoms with Crippen molar-refractivity contribution in [2.45, 2.75) is 0 Å². The van der Waals surface area contributed by atoms with E-state index < -0.39 is 10.8 Å². The van der Waals surface area contributed by atoms with Gasteiger partial charge in [-0.15, -0.1) is 0 Å². The number of nitro groups is 1. The van der Waals surface area contributed by atoms with Crippen molar-refractivity contribution in [3.8, 4) is 17.0 Å². The van der Waals surface area contributed by atoms with Gasteiger partial charge in [0, 0.05) is 23.3 Å². The summed E-state index contributed by atoms with van der Waals surface area (Å²) in [6.45, 7) is -0.301. The minimum Gasteiger partial charge on any atom is -0.483 e.